The Labute approximate surface area is 150 Å². The Bertz CT molecular complexity index is 692. The average Bonchev–Trinajstić information content (AvgIpc) is 2.94. The molecule has 0 saturated carbocycles. The van der Waals surface area contributed by atoms with E-state index in [1.165, 1.54) is 18.5 Å². The molecule has 0 radical (unpaired) electrons. The largest absolute Gasteiger partial charge is 0.372 e. The maximum atomic E-state index is 12.1. The van der Waals surface area contributed by atoms with Gasteiger partial charge in [0.25, 0.3) is 0 Å². The maximum absolute atomic E-state index is 12.1. The van der Waals surface area contributed by atoms with Crippen molar-refractivity contribution in [1.82, 2.24) is 0 Å². The van der Waals surface area contributed by atoms with Crippen LogP contribution in [0.3, 0.4) is 0 Å². The van der Waals surface area contributed by atoms with Gasteiger partial charge in [-0.05, 0) is 61.8 Å². The van der Waals surface area contributed by atoms with Gasteiger partial charge in [-0.1, -0.05) is 6.92 Å². The van der Waals surface area contributed by atoms with Crippen LogP contribution in [0, 0.1) is 11.8 Å². The molecule has 1 amide bonds. The monoisotopic (exact) mass is 364 g/mol. The lowest BCUT2D eigenvalue weighted by Gasteiger charge is -2.32. The highest BCUT2D eigenvalue weighted by Gasteiger charge is 2.27. The first-order valence-corrected chi connectivity index (χ1v) is 11.1. The van der Waals surface area contributed by atoms with E-state index in [1.807, 2.05) is 12.1 Å². The Morgan fingerprint density at radius 2 is 1.84 bits per heavy atom. The molecule has 2 aliphatic rings. The van der Waals surface area contributed by atoms with E-state index in [0.717, 1.165) is 24.7 Å². The van der Waals surface area contributed by atoms with Crippen LogP contribution in [0.15, 0.2) is 24.3 Å². The van der Waals surface area contributed by atoms with Crippen molar-refractivity contribution in [2.45, 2.75) is 39.0 Å². The fourth-order valence-corrected chi connectivity index (χ4v) is 5.59. The first kappa shape index (κ1) is 18.2. The van der Waals surface area contributed by atoms with Crippen molar-refractivity contribution in [2.75, 3.05) is 34.8 Å². The molecule has 2 heterocycles. The van der Waals surface area contributed by atoms with Crippen molar-refractivity contribution in [3.05, 3.63) is 24.3 Å². The molecule has 1 aromatic rings. The Morgan fingerprint density at radius 1 is 1.16 bits per heavy atom. The van der Waals surface area contributed by atoms with Crippen LogP contribution in [-0.4, -0.2) is 38.9 Å². The topological polar surface area (TPSA) is 66.5 Å². The van der Waals surface area contributed by atoms with Crippen molar-refractivity contribution < 1.29 is 13.2 Å². The zero-order chi connectivity index (χ0) is 17.9. The Morgan fingerprint density at radius 3 is 2.44 bits per heavy atom. The summed E-state index contributed by atoms with van der Waals surface area (Å²) >= 11 is 0. The minimum absolute atomic E-state index is 0.0381. The summed E-state index contributed by atoms with van der Waals surface area (Å²) in [7, 11) is -2.86. The molecular formula is C19H28N2O3S. The number of benzene rings is 1. The number of nitrogens with one attached hydrogen (secondary N) is 1. The maximum Gasteiger partial charge on any atom is 0.224 e. The summed E-state index contributed by atoms with van der Waals surface area (Å²) in [4.78, 5) is 14.5. The molecular weight excluding hydrogens is 336 g/mol. The predicted octanol–water partition coefficient (Wildman–Crippen LogP) is 3.08. The van der Waals surface area contributed by atoms with Gasteiger partial charge in [0.1, 0.15) is 0 Å². The minimum atomic E-state index is -2.86. The number of carbonyl (C=O) groups excluding carboxylic acids is 1. The Hall–Kier alpha value is -1.56. The summed E-state index contributed by atoms with van der Waals surface area (Å²) in [5.74, 6) is 1.42. The molecule has 25 heavy (non-hydrogen) atoms. The summed E-state index contributed by atoms with van der Waals surface area (Å²) in [6.07, 6.45) is 4.19. The van der Waals surface area contributed by atoms with Crippen molar-refractivity contribution in [3.8, 4) is 0 Å². The molecule has 1 atom stereocenters. The summed E-state index contributed by atoms with van der Waals surface area (Å²) in [6.45, 7) is 4.49. The molecule has 1 N–H and O–H groups in total. The molecule has 0 spiro atoms. The van der Waals surface area contributed by atoms with Crippen LogP contribution in [0.5, 0.6) is 0 Å². The van der Waals surface area contributed by atoms with Crippen molar-refractivity contribution >= 4 is 27.1 Å². The average molecular weight is 365 g/mol. The highest BCUT2D eigenvalue weighted by Crippen LogP contribution is 2.25. The summed E-state index contributed by atoms with van der Waals surface area (Å²) in [6, 6.07) is 8.03. The van der Waals surface area contributed by atoms with Gasteiger partial charge in [0.2, 0.25) is 5.91 Å². The third-order valence-corrected chi connectivity index (χ3v) is 7.24. The first-order valence-electron chi connectivity index (χ1n) is 9.26. The van der Waals surface area contributed by atoms with E-state index < -0.39 is 9.84 Å². The van der Waals surface area contributed by atoms with E-state index >= 15 is 0 Å². The van der Waals surface area contributed by atoms with Crippen molar-refractivity contribution in [2.24, 2.45) is 11.8 Å². The van der Waals surface area contributed by atoms with E-state index in [2.05, 4.69) is 29.3 Å². The molecule has 3 rings (SSSR count). The lowest BCUT2D eigenvalue weighted by atomic mass is 9.99. The van der Waals surface area contributed by atoms with E-state index in [-0.39, 0.29) is 23.3 Å². The lowest BCUT2D eigenvalue weighted by molar-refractivity contribution is -0.116. The standard InChI is InChI=1S/C19H28N2O3S/c1-15-8-11-21(12-9-15)18-5-3-17(4-6-18)20-19(22)7-2-16-10-13-25(23,24)14-16/h3-6,15-16H,2,7-14H2,1H3,(H,20,22). The number of hydrogen-bond donors (Lipinski definition) is 1. The number of carbonyl (C=O) groups is 1. The van der Waals surface area contributed by atoms with Gasteiger partial charge in [0.05, 0.1) is 11.5 Å². The molecule has 138 valence electrons. The first-order chi connectivity index (χ1) is 11.9. The van der Waals surface area contributed by atoms with Crippen LogP contribution in [0.1, 0.15) is 39.0 Å². The van der Waals surface area contributed by atoms with Gasteiger partial charge in [0.15, 0.2) is 9.84 Å². The summed E-state index contributed by atoms with van der Waals surface area (Å²) in [5, 5.41) is 2.92. The van der Waals surface area contributed by atoms with E-state index in [4.69, 9.17) is 0 Å². The number of sulfone groups is 1. The molecule has 0 aliphatic carbocycles. The second-order valence-electron chi connectivity index (χ2n) is 7.57. The van der Waals surface area contributed by atoms with Crippen LogP contribution in [-0.2, 0) is 14.6 Å². The van der Waals surface area contributed by atoms with E-state index in [1.54, 1.807) is 0 Å². The number of piperidine rings is 1. The molecule has 2 saturated heterocycles. The number of anilines is 2. The number of hydrogen-bond acceptors (Lipinski definition) is 4. The number of rotatable bonds is 5. The predicted molar refractivity (Wildman–Crippen MR) is 102 cm³/mol. The van der Waals surface area contributed by atoms with Gasteiger partial charge >= 0.3 is 0 Å². The fourth-order valence-electron chi connectivity index (χ4n) is 3.68. The Kier molecular flexibility index (Phi) is 5.67. The molecule has 5 nitrogen and oxygen atoms in total. The van der Waals surface area contributed by atoms with Crippen LogP contribution < -0.4 is 10.2 Å². The quantitative estimate of drug-likeness (QED) is 0.872. The van der Waals surface area contributed by atoms with Gasteiger partial charge in [0, 0.05) is 30.9 Å². The highest BCUT2D eigenvalue weighted by atomic mass is 32.2. The molecule has 1 aromatic carbocycles. The molecule has 1 unspecified atom stereocenters. The molecule has 0 aromatic heterocycles. The molecule has 0 bridgehead atoms. The van der Waals surface area contributed by atoms with Crippen LogP contribution in [0.2, 0.25) is 0 Å². The van der Waals surface area contributed by atoms with Crippen LogP contribution >= 0.6 is 0 Å². The number of amides is 1. The normalized spacial score (nSPS) is 23.6. The van der Waals surface area contributed by atoms with Crippen LogP contribution in [0.4, 0.5) is 11.4 Å². The van der Waals surface area contributed by atoms with E-state index in [9.17, 15) is 13.2 Å². The smallest absolute Gasteiger partial charge is 0.224 e. The molecule has 2 aliphatic heterocycles. The van der Waals surface area contributed by atoms with Crippen molar-refractivity contribution in [1.29, 1.82) is 0 Å². The van der Waals surface area contributed by atoms with Gasteiger partial charge < -0.3 is 10.2 Å². The van der Waals surface area contributed by atoms with Gasteiger partial charge in [-0.3, -0.25) is 4.79 Å². The minimum Gasteiger partial charge on any atom is -0.372 e. The van der Waals surface area contributed by atoms with E-state index in [0.29, 0.717) is 19.3 Å². The van der Waals surface area contributed by atoms with Crippen molar-refractivity contribution in [3.63, 3.8) is 0 Å². The van der Waals surface area contributed by atoms with Gasteiger partial charge in [-0.25, -0.2) is 8.42 Å². The highest BCUT2D eigenvalue weighted by molar-refractivity contribution is 7.91. The lowest BCUT2D eigenvalue weighted by Crippen LogP contribution is -2.32. The molecule has 2 fully saturated rings. The van der Waals surface area contributed by atoms with Gasteiger partial charge in [-0.15, -0.1) is 0 Å². The second-order valence-corrected chi connectivity index (χ2v) is 9.80. The summed E-state index contributed by atoms with van der Waals surface area (Å²) < 4.78 is 22.9. The third kappa shape index (κ3) is 5.21. The zero-order valence-corrected chi connectivity index (χ0v) is 15.7. The zero-order valence-electron chi connectivity index (χ0n) is 14.9. The number of nitrogens with zero attached hydrogens (tertiary/aromatic N) is 1. The second kappa shape index (κ2) is 7.77. The Balaban J connectivity index is 1.45. The summed E-state index contributed by atoms with van der Waals surface area (Å²) in [5.41, 5.74) is 2.01. The molecule has 6 heteroatoms. The third-order valence-electron chi connectivity index (χ3n) is 5.41. The SMILES string of the molecule is CC1CCN(c2ccc(NC(=O)CCC3CCS(=O)(=O)C3)cc2)CC1. The van der Waals surface area contributed by atoms with Crippen LogP contribution in [0.25, 0.3) is 0 Å². The van der Waals surface area contributed by atoms with Gasteiger partial charge in [-0.2, -0.15) is 0 Å². The fraction of sp³-hybridized carbons (Fsp3) is 0.632.